The number of nitrogens with zero attached hydrogens (tertiary/aromatic N) is 3. The van der Waals surface area contributed by atoms with Gasteiger partial charge in [0.1, 0.15) is 5.82 Å². The molecule has 0 saturated carbocycles. The summed E-state index contributed by atoms with van der Waals surface area (Å²) in [5.74, 6) is -0.220. The van der Waals surface area contributed by atoms with E-state index in [1.807, 2.05) is 4.90 Å². The molecule has 2 aliphatic rings. The van der Waals surface area contributed by atoms with E-state index in [0.29, 0.717) is 13.0 Å². The molecule has 136 valence electrons. The van der Waals surface area contributed by atoms with E-state index in [1.54, 1.807) is 19.1 Å². The normalized spacial score (nSPS) is 25.0. The first-order valence-electron chi connectivity index (χ1n) is 8.70. The lowest BCUT2D eigenvalue weighted by Gasteiger charge is -2.45. The Morgan fingerprint density at radius 3 is 2.28 bits per heavy atom. The summed E-state index contributed by atoms with van der Waals surface area (Å²) in [5.41, 5.74) is 0.830. The molecule has 0 aliphatic carbocycles. The van der Waals surface area contributed by atoms with E-state index in [2.05, 4.69) is 4.90 Å². The Bertz CT molecular complexity index is 629. The Balaban J connectivity index is 1.71. The van der Waals surface area contributed by atoms with Crippen LogP contribution in [0.15, 0.2) is 24.3 Å². The molecular formula is C18H24FN3O3. The van der Waals surface area contributed by atoms with Gasteiger partial charge >= 0.3 is 6.09 Å². The Morgan fingerprint density at radius 2 is 1.72 bits per heavy atom. The SMILES string of the molecule is CC(=O)N1CCN(C2CCN(C(=O)O)C(c3ccc(F)cc3)C2)CC1. The molecule has 7 heteroatoms. The van der Waals surface area contributed by atoms with Crippen molar-refractivity contribution in [2.24, 2.45) is 0 Å². The van der Waals surface area contributed by atoms with Crippen LogP contribution in [-0.4, -0.2) is 70.6 Å². The first kappa shape index (κ1) is 17.7. The number of carbonyl (C=O) groups is 2. The van der Waals surface area contributed by atoms with Crippen LogP contribution in [0.3, 0.4) is 0 Å². The van der Waals surface area contributed by atoms with Gasteiger partial charge in [0.05, 0.1) is 6.04 Å². The predicted molar refractivity (Wildman–Crippen MR) is 90.7 cm³/mol. The molecule has 3 rings (SSSR count). The summed E-state index contributed by atoms with van der Waals surface area (Å²) >= 11 is 0. The number of halogens is 1. The van der Waals surface area contributed by atoms with E-state index in [1.165, 1.54) is 17.0 Å². The van der Waals surface area contributed by atoms with Crippen LogP contribution in [0.1, 0.15) is 31.4 Å². The zero-order valence-electron chi connectivity index (χ0n) is 14.4. The smallest absolute Gasteiger partial charge is 0.407 e. The minimum atomic E-state index is -0.936. The van der Waals surface area contributed by atoms with Gasteiger partial charge in [-0.1, -0.05) is 12.1 Å². The summed E-state index contributed by atoms with van der Waals surface area (Å²) in [6.45, 7) is 5.12. The maximum Gasteiger partial charge on any atom is 0.407 e. The largest absolute Gasteiger partial charge is 0.465 e. The van der Waals surface area contributed by atoms with E-state index in [-0.39, 0.29) is 23.8 Å². The van der Waals surface area contributed by atoms with Crippen LogP contribution in [-0.2, 0) is 4.79 Å². The average molecular weight is 349 g/mol. The Kier molecular flexibility index (Phi) is 5.22. The second-order valence-electron chi connectivity index (χ2n) is 6.76. The van der Waals surface area contributed by atoms with Crippen molar-refractivity contribution in [2.45, 2.75) is 31.8 Å². The third-order valence-corrected chi connectivity index (χ3v) is 5.35. The second kappa shape index (κ2) is 7.39. The first-order valence-corrected chi connectivity index (χ1v) is 8.70. The quantitative estimate of drug-likeness (QED) is 0.889. The van der Waals surface area contributed by atoms with Gasteiger partial charge in [0.2, 0.25) is 5.91 Å². The fourth-order valence-corrected chi connectivity index (χ4v) is 3.91. The topological polar surface area (TPSA) is 64.1 Å². The highest BCUT2D eigenvalue weighted by atomic mass is 19.1. The van der Waals surface area contributed by atoms with Gasteiger partial charge in [-0.2, -0.15) is 0 Å². The molecule has 0 bridgehead atoms. The number of benzene rings is 1. The minimum absolute atomic E-state index is 0.101. The van der Waals surface area contributed by atoms with Gasteiger partial charge in [0.15, 0.2) is 0 Å². The van der Waals surface area contributed by atoms with E-state index in [9.17, 15) is 19.1 Å². The van der Waals surface area contributed by atoms with Gasteiger partial charge in [-0.15, -0.1) is 0 Å². The van der Waals surface area contributed by atoms with E-state index in [4.69, 9.17) is 0 Å². The van der Waals surface area contributed by atoms with Crippen LogP contribution in [0.25, 0.3) is 0 Å². The highest BCUT2D eigenvalue weighted by molar-refractivity contribution is 5.73. The summed E-state index contributed by atoms with van der Waals surface area (Å²) in [7, 11) is 0. The molecule has 1 N–H and O–H groups in total. The number of piperazine rings is 1. The number of amides is 2. The molecule has 2 atom stereocenters. The molecule has 2 unspecified atom stereocenters. The molecule has 2 amide bonds. The molecule has 0 aromatic heterocycles. The Labute approximate surface area is 146 Å². The molecule has 25 heavy (non-hydrogen) atoms. The van der Waals surface area contributed by atoms with Crippen LogP contribution in [0, 0.1) is 5.82 Å². The van der Waals surface area contributed by atoms with Crippen LogP contribution in [0.4, 0.5) is 9.18 Å². The number of likely N-dealkylation sites (tertiary alicyclic amines) is 1. The van der Waals surface area contributed by atoms with Crippen molar-refractivity contribution in [2.75, 3.05) is 32.7 Å². The van der Waals surface area contributed by atoms with Crippen LogP contribution in [0.5, 0.6) is 0 Å². The zero-order valence-corrected chi connectivity index (χ0v) is 14.4. The third kappa shape index (κ3) is 3.92. The van der Waals surface area contributed by atoms with Crippen molar-refractivity contribution >= 4 is 12.0 Å². The summed E-state index contributed by atoms with van der Waals surface area (Å²) in [4.78, 5) is 28.7. The first-order chi connectivity index (χ1) is 12.0. The molecule has 0 radical (unpaired) electrons. The molecule has 2 aliphatic heterocycles. The van der Waals surface area contributed by atoms with Crippen molar-refractivity contribution in [3.05, 3.63) is 35.6 Å². The monoisotopic (exact) mass is 349 g/mol. The van der Waals surface area contributed by atoms with E-state index >= 15 is 0 Å². The maximum atomic E-state index is 13.2. The molecule has 2 heterocycles. The molecular weight excluding hydrogens is 325 g/mol. The number of carboxylic acid groups (broad SMARTS) is 1. The minimum Gasteiger partial charge on any atom is -0.465 e. The number of rotatable bonds is 2. The van der Waals surface area contributed by atoms with Gasteiger partial charge in [-0.05, 0) is 30.5 Å². The van der Waals surface area contributed by atoms with Gasteiger partial charge in [-0.25, -0.2) is 9.18 Å². The highest BCUT2D eigenvalue weighted by Gasteiger charge is 2.36. The molecule has 6 nitrogen and oxygen atoms in total. The van der Waals surface area contributed by atoms with Crippen LogP contribution in [0.2, 0.25) is 0 Å². The molecule has 0 spiro atoms. The lowest BCUT2D eigenvalue weighted by atomic mass is 9.90. The van der Waals surface area contributed by atoms with Crippen LogP contribution >= 0.6 is 0 Å². The molecule has 1 aromatic rings. The lowest BCUT2D eigenvalue weighted by molar-refractivity contribution is -0.131. The maximum absolute atomic E-state index is 13.2. The predicted octanol–water partition coefficient (Wildman–Crippen LogP) is 2.17. The fourth-order valence-electron chi connectivity index (χ4n) is 3.91. The third-order valence-electron chi connectivity index (χ3n) is 5.35. The molecule has 2 saturated heterocycles. The van der Waals surface area contributed by atoms with Crippen molar-refractivity contribution in [1.82, 2.24) is 14.7 Å². The Hall–Kier alpha value is -2.15. The average Bonchev–Trinajstić information content (AvgIpc) is 2.62. The summed E-state index contributed by atoms with van der Waals surface area (Å²) < 4.78 is 13.2. The fraction of sp³-hybridized carbons (Fsp3) is 0.556. The van der Waals surface area contributed by atoms with Crippen molar-refractivity contribution in [3.63, 3.8) is 0 Å². The second-order valence-corrected chi connectivity index (χ2v) is 6.76. The highest BCUT2D eigenvalue weighted by Crippen LogP contribution is 2.33. The Morgan fingerprint density at radius 1 is 1.08 bits per heavy atom. The number of hydrogen-bond donors (Lipinski definition) is 1. The van der Waals surface area contributed by atoms with Crippen molar-refractivity contribution in [3.8, 4) is 0 Å². The summed E-state index contributed by atoms with van der Waals surface area (Å²) in [6.07, 6.45) is 0.538. The lowest BCUT2D eigenvalue weighted by Crippen LogP contribution is -2.54. The van der Waals surface area contributed by atoms with Crippen LogP contribution < -0.4 is 0 Å². The molecule has 2 fully saturated rings. The van der Waals surface area contributed by atoms with Crippen molar-refractivity contribution in [1.29, 1.82) is 0 Å². The number of piperidine rings is 1. The standard InChI is InChI=1S/C18H24FN3O3/c1-13(23)20-8-10-21(11-9-20)16-6-7-22(18(24)25)17(12-16)14-2-4-15(19)5-3-14/h2-5,16-17H,6-12H2,1H3,(H,24,25). The summed E-state index contributed by atoms with van der Waals surface area (Å²) in [6, 6.07) is 6.12. The van der Waals surface area contributed by atoms with Gasteiger partial charge in [-0.3, -0.25) is 9.69 Å². The van der Waals surface area contributed by atoms with Gasteiger partial charge in [0, 0.05) is 45.7 Å². The van der Waals surface area contributed by atoms with Crippen molar-refractivity contribution < 1.29 is 19.1 Å². The van der Waals surface area contributed by atoms with Gasteiger partial charge in [0.25, 0.3) is 0 Å². The van der Waals surface area contributed by atoms with Gasteiger partial charge < -0.3 is 14.9 Å². The number of hydrogen-bond acceptors (Lipinski definition) is 3. The summed E-state index contributed by atoms with van der Waals surface area (Å²) in [5, 5.41) is 9.51. The molecule has 1 aromatic carbocycles. The van der Waals surface area contributed by atoms with E-state index in [0.717, 1.165) is 38.2 Å². The zero-order chi connectivity index (χ0) is 18.0. The number of carbonyl (C=O) groups excluding carboxylic acids is 1. The van der Waals surface area contributed by atoms with E-state index < -0.39 is 6.09 Å².